The summed E-state index contributed by atoms with van der Waals surface area (Å²) in [6.07, 6.45) is 3.58. The summed E-state index contributed by atoms with van der Waals surface area (Å²) >= 11 is 1.63. The van der Waals surface area contributed by atoms with Crippen LogP contribution in [0, 0.1) is 13.8 Å². The lowest BCUT2D eigenvalue weighted by Crippen LogP contribution is -2.34. The van der Waals surface area contributed by atoms with Crippen LogP contribution in [0.3, 0.4) is 0 Å². The predicted molar refractivity (Wildman–Crippen MR) is 103 cm³/mol. The average Bonchev–Trinajstić information content (AvgIpc) is 2.98. The number of carbonyl (C=O) groups is 2. The van der Waals surface area contributed by atoms with Crippen molar-refractivity contribution in [3.63, 3.8) is 0 Å². The van der Waals surface area contributed by atoms with Crippen molar-refractivity contribution in [1.82, 2.24) is 4.90 Å². The van der Waals surface area contributed by atoms with Gasteiger partial charge in [-0.3, -0.25) is 9.59 Å². The van der Waals surface area contributed by atoms with Crippen LogP contribution in [-0.4, -0.2) is 29.7 Å². The van der Waals surface area contributed by atoms with E-state index in [1.807, 2.05) is 43.0 Å². The number of carbonyl (C=O) groups excluding carboxylic acids is 2. The lowest BCUT2D eigenvalue weighted by Gasteiger charge is -2.26. The third kappa shape index (κ3) is 4.26. The number of aryl methyl sites for hydroxylation is 2. The molecule has 0 saturated carbocycles. The molecular formula is C21H23NO2S. The topological polar surface area (TPSA) is 37.4 Å². The molecule has 3 nitrogen and oxygen atoms in total. The number of nitrogens with zero attached hydrogens (tertiary/aromatic N) is 1. The molecule has 0 unspecified atom stereocenters. The first kappa shape index (κ1) is 17.6. The SMILES string of the molecule is Cc1cc(C(=O)CCC(=O)N2CC=C(c3ccccc3)CC2)c(C)s1. The van der Waals surface area contributed by atoms with Crippen molar-refractivity contribution in [2.24, 2.45) is 0 Å². The van der Waals surface area contributed by atoms with Gasteiger partial charge in [0, 0.05) is 41.2 Å². The van der Waals surface area contributed by atoms with E-state index < -0.39 is 0 Å². The summed E-state index contributed by atoms with van der Waals surface area (Å²) < 4.78 is 0. The summed E-state index contributed by atoms with van der Waals surface area (Å²) in [6, 6.07) is 12.2. The number of thiophene rings is 1. The van der Waals surface area contributed by atoms with E-state index in [9.17, 15) is 9.59 Å². The van der Waals surface area contributed by atoms with Crippen molar-refractivity contribution >= 4 is 28.6 Å². The third-order valence-electron chi connectivity index (χ3n) is 4.61. The van der Waals surface area contributed by atoms with E-state index in [0.717, 1.165) is 28.3 Å². The summed E-state index contributed by atoms with van der Waals surface area (Å²) in [7, 11) is 0. The Morgan fingerprint density at radius 3 is 2.48 bits per heavy atom. The summed E-state index contributed by atoms with van der Waals surface area (Å²) in [5.74, 6) is 0.147. The maximum atomic E-state index is 12.4. The Kier molecular flexibility index (Phi) is 5.49. The zero-order valence-corrected chi connectivity index (χ0v) is 15.6. The van der Waals surface area contributed by atoms with Crippen molar-refractivity contribution in [1.29, 1.82) is 0 Å². The van der Waals surface area contributed by atoms with Crippen LogP contribution in [0.15, 0.2) is 42.5 Å². The van der Waals surface area contributed by atoms with Crippen LogP contribution in [0.4, 0.5) is 0 Å². The van der Waals surface area contributed by atoms with E-state index in [0.29, 0.717) is 19.4 Å². The molecule has 1 aliphatic rings. The molecular weight excluding hydrogens is 330 g/mol. The van der Waals surface area contributed by atoms with Gasteiger partial charge >= 0.3 is 0 Å². The quantitative estimate of drug-likeness (QED) is 0.734. The van der Waals surface area contributed by atoms with Crippen LogP contribution < -0.4 is 0 Å². The van der Waals surface area contributed by atoms with E-state index in [-0.39, 0.29) is 11.7 Å². The molecule has 1 aromatic carbocycles. The maximum absolute atomic E-state index is 12.4. The maximum Gasteiger partial charge on any atom is 0.223 e. The lowest BCUT2D eigenvalue weighted by atomic mass is 9.99. The number of hydrogen-bond donors (Lipinski definition) is 0. The lowest BCUT2D eigenvalue weighted by molar-refractivity contribution is -0.130. The molecule has 4 heteroatoms. The van der Waals surface area contributed by atoms with E-state index in [1.165, 1.54) is 11.1 Å². The first-order chi connectivity index (χ1) is 12.0. The normalized spacial score (nSPS) is 14.3. The second kappa shape index (κ2) is 7.79. The van der Waals surface area contributed by atoms with Gasteiger partial charge in [-0.05, 0) is 37.5 Å². The number of benzene rings is 1. The Bertz CT molecular complexity index is 805. The molecule has 0 aliphatic carbocycles. The van der Waals surface area contributed by atoms with Crippen LogP contribution in [0.2, 0.25) is 0 Å². The van der Waals surface area contributed by atoms with Gasteiger partial charge in [0.1, 0.15) is 0 Å². The number of hydrogen-bond acceptors (Lipinski definition) is 3. The van der Waals surface area contributed by atoms with Gasteiger partial charge in [0.05, 0.1) is 0 Å². The first-order valence-corrected chi connectivity index (χ1v) is 9.48. The Labute approximate surface area is 153 Å². The molecule has 25 heavy (non-hydrogen) atoms. The molecule has 0 bridgehead atoms. The molecule has 1 aromatic heterocycles. The molecule has 0 saturated heterocycles. The minimum atomic E-state index is 0.0707. The molecule has 130 valence electrons. The second-order valence-corrected chi connectivity index (χ2v) is 7.90. The fourth-order valence-corrected chi connectivity index (χ4v) is 4.17. The van der Waals surface area contributed by atoms with Crippen molar-refractivity contribution < 1.29 is 9.59 Å². The molecule has 0 fully saturated rings. The predicted octanol–water partition coefficient (Wildman–Crippen LogP) is 4.64. The van der Waals surface area contributed by atoms with Gasteiger partial charge in [-0.25, -0.2) is 0 Å². The van der Waals surface area contributed by atoms with Gasteiger partial charge in [0.2, 0.25) is 5.91 Å². The van der Waals surface area contributed by atoms with E-state index in [1.54, 1.807) is 11.3 Å². The third-order valence-corrected chi connectivity index (χ3v) is 5.58. The van der Waals surface area contributed by atoms with E-state index in [4.69, 9.17) is 0 Å². The summed E-state index contributed by atoms with van der Waals surface area (Å²) in [4.78, 5) is 28.8. The zero-order valence-electron chi connectivity index (χ0n) is 14.7. The van der Waals surface area contributed by atoms with Crippen LogP contribution in [0.5, 0.6) is 0 Å². The van der Waals surface area contributed by atoms with Crippen LogP contribution >= 0.6 is 11.3 Å². The average molecular weight is 353 g/mol. The summed E-state index contributed by atoms with van der Waals surface area (Å²) in [6.45, 7) is 5.33. The van der Waals surface area contributed by atoms with E-state index in [2.05, 4.69) is 18.2 Å². The molecule has 3 rings (SSSR count). The highest BCUT2D eigenvalue weighted by atomic mass is 32.1. The summed E-state index contributed by atoms with van der Waals surface area (Å²) in [5, 5.41) is 0. The second-order valence-electron chi connectivity index (χ2n) is 6.44. The molecule has 2 aromatic rings. The van der Waals surface area contributed by atoms with Gasteiger partial charge in [-0.2, -0.15) is 0 Å². The highest BCUT2D eigenvalue weighted by Crippen LogP contribution is 2.24. The monoisotopic (exact) mass is 353 g/mol. The van der Waals surface area contributed by atoms with Gasteiger partial charge in [-0.15, -0.1) is 11.3 Å². The Hall–Kier alpha value is -2.20. The number of Topliss-reactive ketones (excluding diaryl/α,β-unsaturated/α-hetero) is 1. The van der Waals surface area contributed by atoms with Gasteiger partial charge in [0.25, 0.3) is 0 Å². The number of rotatable bonds is 5. The highest BCUT2D eigenvalue weighted by Gasteiger charge is 2.20. The molecule has 2 heterocycles. The molecule has 0 N–H and O–H groups in total. The van der Waals surface area contributed by atoms with Gasteiger partial charge < -0.3 is 4.90 Å². The van der Waals surface area contributed by atoms with Crippen LogP contribution in [0.25, 0.3) is 5.57 Å². The standard InChI is InChI=1S/C21H23NO2S/c1-15-14-19(16(2)25-15)20(23)8-9-21(24)22-12-10-18(11-13-22)17-6-4-3-5-7-17/h3-7,10,14H,8-9,11-13H2,1-2H3. The van der Waals surface area contributed by atoms with Gasteiger partial charge in [0.15, 0.2) is 5.78 Å². The highest BCUT2D eigenvalue weighted by molar-refractivity contribution is 7.12. The van der Waals surface area contributed by atoms with Crippen LogP contribution in [-0.2, 0) is 4.79 Å². The molecule has 1 aliphatic heterocycles. The fraction of sp³-hybridized carbons (Fsp3) is 0.333. The summed E-state index contributed by atoms with van der Waals surface area (Å²) in [5.41, 5.74) is 3.30. The molecule has 0 spiro atoms. The Morgan fingerprint density at radius 2 is 1.88 bits per heavy atom. The largest absolute Gasteiger partial charge is 0.339 e. The molecule has 0 atom stereocenters. The van der Waals surface area contributed by atoms with Crippen molar-refractivity contribution in [2.45, 2.75) is 33.1 Å². The van der Waals surface area contributed by atoms with Crippen molar-refractivity contribution in [3.05, 3.63) is 63.4 Å². The fourth-order valence-electron chi connectivity index (χ4n) is 3.23. The number of ketones is 1. The van der Waals surface area contributed by atoms with Gasteiger partial charge in [-0.1, -0.05) is 36.4 Å². The Balaban J connectivity index is 1.54. The smallest absolute Gasteiger partial charge is 0.223 e. The van der Waals surface area contributed by atoms with Crippen molar-refractivity contribution in [3.8, 4) is 0 Å². The minimum Gasteiger partial charge on any atom is -0.339 e. The first-order valence-electron chi connectivity index (χ1n) is 8.67. The Morgan fingerprint density at radius 1 is 1.12 bits per heavy atom. The minimum absolute atomic E-state index is 0.0707. The molecule has 1 amide bonds. The van der Waals surface area contributed by atoms with E-state index >= 15 is 0 Å². The van der Waals surface area contributed by atoms with Crippen LogP contribution in [0.1, 0.15) is 44.9 Å². The number of amides is 1. The van der Waals surface area contributed by atoms with Crippen molar-refractivity contribution in [2.75, 3.05) is 13.1 Å². The molecule has 0 radical (unpaired) electrons. The zero-order chi connectivity index (χ0) is 17.8.